The molecule has 0 radical (unpaired) electrons. The van der Waals surface area contributed by atoms with Gasteiger partial charge in [-0.15, -0.1) is 0 Å². The maximum Gasteiger partial charge on any atom is 0.114 e. The molecule has 0 aromatic rings. The van der Waals surface area contributed by atoms with Crippen LogP contribution in [-0.4, -0.2) is 15.1 Å². The van der Waals surface area contributed by atoms with Crippen molar-refractivity contribution in [3.8, 4) is 0 Å². The molecule has 0 saturated carbocycles. The number of aliphatic hydroxyl groups is 1. The lowest BCUT2D eigenvalue weighted by Gasteiger charge is -2.03. The first-order valence-corrected chi connectivity index (χ1v) is 2.94. The van der Waals surface area contributed by atoms with Crippen molar-refractivity contribution in [3.05, 3.63) is 11.2 Å². The number of hydrogen-bond acceptors (Lipinski definition) is 2. The van der Waals surface area contributed by atoms with Crippen LogP contribution < -0.4 is 0 Å². The van der Waals surface area contributed by atoms with Crippen LogP contribution in [0.15, 0.2) is 11.2 Å². The van der Waals surface area contributed by atoms with Crippen LogP contribution in [0.3, 0.4) is 0 Å². The second-order valence-corrected chi connectivity index (χ2v) is 2.42. The van der Waals surface area contributed by atoms with E-state index < -0.39 is 10.8 Å². The van der Waals surface area contributed by atoms with Crippen LogP contribution in [0.5, 0.6) is 0 Å². The first kappa shape index (κ1) is 3.87. The van der Waals surface area contributed by atoms with E-state index in [2.05, 4.69) is 0 Å². The molecule has 0 aromatic heterocycles. The van der Waals surface area contributed by atoms with Gasteiger partial charge in [-0.3, -0.25) is 4.21 Å². The molecule has 1 atom stereocenters. The highest BCUT2D eigenvalue weighted by atomic mass is 32.2. The van der Waals surface area contributed by atoms with E-state index in [0.29, 0.717) is 5.75 Å². The van der Waals surface area contributed by atoms with Gasteiger partial charge in [0.1, 0.15) is 5.76 Å². The lowest BCUT2D eigenvalue weighted by molar-refractivity contribution is 0.412. The Morgan fingerprint density at radius 3 is 2.50 bits per heavy atom. The zero-order valence-electron chi connectivity index (χ0n) is 3.05. The van der Waals surface area contributed by atoms with Gasteiger partial charge in [0.15, 0.2) is 0 Å². The Bertz CT molecular complexity index is 116. The molecule has 1 unspecified atom stereocenters. The van der Waals surface area contributed by atoms with Crippen molar-refractivity contribution in [2.24, 2.45) is 0 Å². The summed E-state index contributed by atoms with van der Waals surface area (Å²) in [6, 6.07) is 0. The number of aliphatic hydroxyl groups excluding tert-OH is 1. The van der Waals surface area contributed by atoms with Gasteiger partial charge in [0.25, 0.3) is 0 Å². The smallest absolute Gasteiger partial charge is 0.114 e. The molecule has 6 heavy (non-hydrogen) atoms. The zero-order valence-corrected chi connectivity index (χ0v) is 3.86. The van der Waals surface area contributed by atoms with Gasteiger partial charge in [-0.05, 0) is 0 Å². The van der Waals surface area contributed by atoms with E-state index in [0.717, 1.165) is 0 Å². The molecule has 0 aliphatic carbocycles. The maximum atomic E-state index is 9.98. The highest BCUT2D eigenvalue weighted by molar-refractivity contribution is 7.89. The molecule has 0 bridgehead atoms. The third kappa shape index (κ3) is 0.452. The van der Waals surface area contributed by atoms with Crippen molar-refractivity contribution in [2.75, 3.05) is 5.75 Å². The summed E-state index contributed by atoms with van der Waals surface area (Å²) in [6.45, 7) is 0. The molecule has 0 spiro atoms. The molecular weight excluding hydrogens is 100 g/mol. The minimum absolute atomic E-state index is 0.258. The van der Waals surface area contributed by atoms with Crippen molar-refractivity contribution in [1.82, 2.24) is 0 Å². The van der Waals surface area contributed by atoms with Crippen molar-refractivity contribution < 1.29 is 9.32 Å². The largest absolute Gasteiger partial charge is 0.511 e. The van der Waals surface area contributed by atoms with Gasteiger partial charge in [0.05, 0.1) is 16.6 Å². The number of hydrogen-bond donors (Lipinski definition) is 1. The molecule has 2 nitrogen and oxygen atoms in total. The van der Waals surface area contributed by atoms with E-state index in [4.69, 9.17) is 5.11 Å². The summed E-state index contributed by atoms with van der Waals surface area (Å²) in [6.07, 6.45) is 0. The fourth-order valence-corrected chi connectivity index (χ4v) is 0.821. The quantitative estimate of drug-likeness (QED) is 0.475. The zero-order chi connectivity index (χ0) is 4.57. The third-order valence-electron chi connectivity index (χ3n) is 0.558. The van der Waals surface area contributed by atoms with Crippen LogP contribution in [0, 0.1) is 0 Å². The van der Waals surface area contributed by atoms with Gasteiger partial charge in [0.2, 0.25) is 0 Å². The average molecular weight is 104 g/mol. The SMILES string of the molecule is O=S1C=C(O)C1. The normalized spacial score (nSPS) is 31.3. The van der Waals surface area contributed by atoms with Crippen LogP contribution in [0.2, 0.25) is 0 Å². The topological polar surface area (TPSA) is 37.3 Å². The Hall–Kier alpha value is -0.310. The van der Waals surface area contributed by atoms with E-state index in [1.807, 2.05) is 0 Å². The minimum atomic E-state index is -0.834. The van der Waals surface area contributed by atoms with Crippen molar-refractivity contribution in [2.45, 2.75) is 0 Å². The second kappa shape index (κ2) is 1.08. The second-order valence-electron chi connectivity index (χ2n) is 1.13. The lowest BCUT2D eigenvalue weighted by atomic mass is 10.6. The van der Waals surface area contributed by atoms with Crippen LogP contribution in [0.25, 0.3) is 0 Å². The Labute approximate surface area is 37.9 Å². The molecule has 0 fully saturated rings. The molecule has 1 aliphatic rings. The first-order chi connectivity index (χ1) is 2.79. The summed E-state index contributed by atoms with van der Waals surface area (Å²) < 4.78 is 9.98. The van der Waals surface area contributed by atoms with Crippen molar-refractivity contribution in [1.29, 1.82) is 0 Å². The molecular formula is C3H4O2S. The maximum absolute atomic E-state index is 9.98. The highest BCUT2D eigenvalue weighted by Gasteiger charge is 2.09. The van der Waals surface area contributed by atoms with Gasteiger partial charge in [-0.1, -0.05) is 0 Å². The fraction of sp³-hybridized carbons (Fsp3) is 0.333. The summed E-state index contributed by atoms with van der Waals surface area (Å²) in [5, 5.41) is 9.62. The van der Waals surface area contributed by atoms with E-state index in [1.165, 1.54) is 5.41 Å². The van der Waals surface area contributed by atoms with Gasteiger partial charge >= 0.3 is 0 Å². The molecule has 0 amide bonds. The van der Waals surface area contributed by atoms with Gasteiger partial charge in [-0.25, -0.2) is 0 Å². The van der Waals surface area contributed by atoms with Crippen LogP contribution >= 0.6 is 0 Å². The molecule has 0 aromatic carbocycles. The first-order valence-electron chi connectivity index (χ1n) is 1.56. The molecule has 1 aliphatic heterocycles. The lowest BCUT2D eigenvalue weighted by Crippen LogP contribution is -2.07. The predicted octanol–water partition coefficient (Wildman–Crippen LogP) is 0.148. The van der Waals surface area contributed by atoms with Crippen LogP contribution in [0.1, 0.15) is 0 Å². The van der Waals surface area contributed by atoms with Crippen molar-refractivity contribution in [3.63, 3.8) is 0 Å². The summed E-state index contributed by atoms with van der Waals surface area (Å²) in [5.74, 6) is 0.619. The van der Waals surface area contributed by atoms with E-state index in [-0.39, 0.29) is 5.76 Å². The average Bonchev–Trinajstić information content (AvgIpc) is 1.33. The summed E-state index contributed by atoms with van der Waals surface area (Å²) in [4.78, 5) is 0. The monoisotopic (exact) mass is 104 g/mol. The van der Waals surface area contributed by atoms with Crippen molar-refractivity contribution >= 4 is 10.8 Å². The molecule has 0 saturated heterocycles. The summed E-state index contributed by atoms with van der Waals surface area (Å²) >= 11 is 0. The Morgan fingerprint density at radius 2 is 2.50 bits per heavy atom. The van der Waals surface area contributed by atoms with E-state index in [1.54, 1.807) is 0 Å². The predicted molar refractivity (Wildman–Crippen MR) is 23.7 cm³/mol. The molecule has 34 valence electrons. The van der Waals surface area contributed by atoms with Gasteiger partial charge < -0.3 is 5.11 Å². The van der Waals surface area contributed by atoms with Gasteiger partial charge in [-0.2, -0.15) is 0 Å². The Morgan fingerprint density at radius 1 is 2.00 bits per heavy atom. The fourth-order valence-electron chi connectivity index (χ4n) is 0.274. The highest BCUT2D eigenvalue weighted by Crippen LogP contribution is 2.05. The van der Waals surface area contributed by atoms with Gasteiger partial charge in [0, 0.05) is 5.41 Å². The molecule has 1 N–H and O–H groups in total. The third-order valence-corrected chi connectivity index (χ3v) is 1.67. The summed E-state index contributed by atoms with van der Waals surface area (Å²) in [5.41, 5.74) is 0. The van der Waals surface area contributed by atoms with E-state index >= 15 is 0 Å². The number of rotatable bonds is 0. The molecule has 3 heteroatoms. The minimum Gasteiger partial charge on any atom is -0.511 e. The standard InChI is InChI=1S/C3H4O2S/c4-3-1-6(5)2-3/h1,4H,2H2. The molecule has 1 heterocycles. The van der Waals surface area contributed by atoms with E-state index in [9.17, 15) is 4.21 Å². The Kier molecular flexibility index (Phi) is 0.696. The molecule has 1 rings (SSSR count). The van der Waals surface area contributed by atoms with Crippen LogP contribution in [0.4, 0.5) is 0 Å². The van der Waals surface area contributed by atoms with Crippen LogP contribution in [-0.2, 0) is 10.8 Å². The Balaban J connectivity index is 2.68. The summed E-state index contributed by atoms with van der Waals surface area (Å²) in [7, 11) is -0.834.